The highest BCUT2D eigenvalue weighted by Crippen LogP contribution is 2.51. The third-order valence-corrected chi connectivity index (χ3v) is 14.3. The zero-order valence-corrected chi connectivity index (χ0v) is 40.1. The number of ether oxygens (including phenoxy) is 2. The molecule has 0 unspecified atom stereocenters. The number of hydrogen-bond acceptors (Lipinski definition) is 9. The smallest absolute Gasteiger partial charge is 0.261 e. The van der Waals surface area contributed by atoms with Crippen molar-refractivity contribution in [3.05, 3.63) is 155 Å². The third kappa shape index (κ3) is 7.28. The molecule has 4 amide bonds. The summed E-state index contributed by atoms with van der Waals surface area (Å²) in [5.74, 6) is 5.94. The van der Waals surface area contributed by atoms with Crippen molar-refractivity contribution in [2.45, 2.75) is 65.5 Å². The fraction of sp³-hybridized carbons (Fsp3) is 0.217. The molecule has 0 bridgehead atoms. The Bertz CT molecular complexity index is 3650. The molecule has 71 heavy (non-hydrogen) atoms. The first-order valence-corrected chi connectivity index (χ1v) is 24.3. The lowest BCUT2D eigenvalue weighted by molar-refractivity contribution is 0.0514. The number of carbonyl (C=O) groups is 4. The summed E-state index contributed by atoms with van der Waals surface area (Å²) in [6.07, 6.45) is 5.93. The highest BCUT2D eigenvalue weighted by molar-refractivity contribution is 6.42. The lowest BCUT2D eigenvalue weighted by Crippen LogP contribution is -2.46. The fourth-order valence-corrected chi connectivity index (χ4v) is 10.8. The van der Waals surface area contributed by atoms with E-state index < -0.39 is 0 Å². The lowest BCUT2D eigenvalue weighted by Gasteiger charge is -2.35. The van der Waals surface area contributed by atoms with Crippen molar-refractivity contribution < 1.29 is 28.7 Å². The van der Waals surface area contributed by atoms with Crippen LogP contribution >= 0.6 is 0 Å². The number of hydrogen-bond donors (Lipinski definition) is 0. The molecular formula is C60H49N5O6. The van der Waals surface area contributed by atoms with Crippen molar-refractivity contribution in [3.8, 4) is 51.5 Å². The van der Waals surface area contributed by atoms with Crippen molar-refractivity contribution in [2.75, 3.05) is 20.3 Å². The Morgan fingerprint density at radius 1 is 0.493 bits per heavy atom. The van der Waals surface area contributed by atoms with Crippen molar-refractivity contribution in [2.24, 2.45) is 0 Å². The van der Waals surface area contributed by atoms with Gasteiger partial charge in [0, 0.05) is 91.7 Å². The Balaban J connectivity index is 1.14. The summed E-state index contributed by atoms with van der Waals surface area (Å²) in [6.45, 7) is 8.41. The van der Waals surface area contributed by atoms with Crippen LogP contribution in [0.3, 0.4) is 0 Å². The van der Waals surface area contributed by atoms with Gasteiger partial charge in [-0.05, 0) is 120 Å². The predicted octanol–water partition coefficient (Wildman–Crippen LogP) is 11.9. The van der Waals surface area contributed by atoms with Crippen LogP contribution in [-0.2, 0) is 4.74 Å². The zero-order valence-electron chi connectivity index (χ0n) is 40.1. The SMILES string of the molecule is CCC(CC)N1C(=O)c2ccc3c4c(OCCOC)cc5c6c(ccc(c7c(C#Cc8ccc(-c9cc(-c%10ccccn%10)nc(-c%10ccccn%10)c9)cc8)cc(c2c37)C1=O)c64)C(=O)N(C(CC)CC)C5=O. The van der Waals surface area contributed by atoms with Gasteiger partial charge in [0.15, 0.2) is 0 Å². The van der Waals surface area contributed by atoms with E-state index in [2.05, 4.69) is 21.8 Å². The van der Waals surface area contributed by atoms with Gasteiger partial charge < -0.3 is 9.47 Å². The quantitative estimate of drug-likeness (QED) is 0.0364. The first-order valence-electron chi connectivity index (χ1n) is 24.3. The number of benzene rings is 6. The number of nitrogens with zero attached hydrogens (tertiary/aromatic N) is 5. The molecule has 5 heterocycles. The Morgan fingerprint density at radius 3 is 1.54 bits per heavy atom. The number of amides is 4. The van der Waals surface area contributed by atoms with Gasteiger partial charge in [0.2, 0.25) is 0 Å². The normalized spacial score (nSPS) is 13.5. The van der Waals surface area contributed by atoms with Crippen molar-refractivity contribution in [1.82, 2.24) is 24.8 Å². The highest BCUT2D eigenvalue weighted by Gasteiger charge is 2.41. The van der Waals surface area contributed by atoms with Crippen LogP contribution < -0.4 is 4.74 Å². The number of methoxy groups -OCH3 is 1. The molecule has 6 aromatic carbocycles. The van der Waals surface area contributed by atoms with E-state index in [9.17, 15) is 19.2 Å². The Hall–Kier alpha value is -8.33. The molecule has 0 spiro atoms. The number of carbonyl (C=O) groups excluding carboxylic acids is 4. The molecule has 0 radical (unpaired) electrons. The van der Waals surface area contributed by atoms with Gasteiger partial charge in [0.05, 0.1) is 34.9 Å². The van der Waals surface area contributed by atoms with Crippen LogP contribution in [0.2, 0.25) is 0 Å². The third-order valence-electron chi connectivity index (χ3n) is 14.3. The van der Waals surface area contributed by atoms with Crippen molar-refractivity contribution in [3.63, 3.8) is 0 Å². The molecule has 2 aliphatic rings. The summed E-state index contributed by atoms with van der Waals surface area (Å²) in [5.41, 5.74) is 7.71. The molecule has 11 heteroatoms. The van der Waals surface area contributed by atoms with Gasteiger partial charge in [0.1, 0.15) is 12.4 Å². The maximum atomic E-state index is 14.9. The van der Waals surface area contributed by atoms with Crippen LogP contribution in [0.15, 0.2) is 122 Å². The molecular weight excluding hydrogens is 887 g/mol. The van der Waals surface area contributed by atoms with E-state index in [0.717, 1.165) is 44.9 Å². The predicted molar refractivity (Wildman–Crippen MR) is 277 cm³/mol. The molecule has 0 fully saturated rings. The summed E-state index contributed by atoms with van der Waals surface area (Å²) >= 11 is 0. The molecule has 11 rings (SSSR count). The average molecular weight is 936 g/mol. The first kappa shape index (κ1) is 45.1. The lowest BCUT2D eigenvalue weighted by atomic mass is 9.80. The van der Waals surface area contributed by atoms with Crippen molar-refractivity contribution >= 4 is 66.7 Å². The second-order valence-corrected chi connectivity index (χ2v) is 18.1. The van der Waals surface area contributed by atoms with E-state index in [1.54, 1.807) is 37.7 Å². The van der Waals surface area contributed by atoms with Crippen LogP contribution in [0.25, 0.3) is 77.0 Å². The summed E-state index contributed by atoms with van der Waals surface area (Å²) < 4.78 is 11.9. The minimum Gasteiger partial charge on any atom is -0.490 e. The summed E-state index contributed by atoms with van der Waals surface area (Å²) in [6, 6.07) is 33.9. The first-order chi connectivity index (χ1) is 34.7. The van der Waals surface area contributed by atoms with Gasteiger partial charge in [-0.15, -0.1) is 0 Å². The van der Waals surface area contributed by atoms with Crippen LogP contribution in [0.4, 0.5) is 0 Å². The molecule has 9 aromatic rings. The maximum Gasteiger partial charge on any atom is 0.261 e. The van der Waals surface area contributed by atoms with Gasteiger partial charge in [-0.25, -0.2) is 4.98 Å². The summed E-state index contributed by atoms with van der Waals surface area (Å²) in [4.78, 5) is 75.6. The molecule has 0 aliphatic carbocycles. The second kappa shape index (κ2) is 18.2. The number of pyridine rings is 3. The van der Waals surface area contributed by atoms with Crippen LogP contribution in [0, 0.1) is 11.8 Å². The number of imide groups is 2. The van der Waals surface area contributed by atoms with Gasteiger partial charge >= 0.3 is 0 Å². The van der Waals surface area contributed by atoms with E-state index in [1.165, 1.54) is 9.80 Å². The standard InChI is InChI=1S/C60H49N5O6/c1-6-38(7-2)64-57(66)42-25-23-41-54-50(71-29-28-70-5)33-45-53-43(58(67)65(60(45)69)39(8-3)9-4)24-22-40(56(53)54)51-36(30-44(59(64)68)52(42)55(41)51)21-18-34-16-19-35(20-17-34)37-31-48(46-14-10-12-26-61-46)63-49(32-37)47-15-11-13-27-62-47/h10-17,19-20,22-27,30-33,38-39H,6-9,28-29H2,1-5H3. The maximum absolute atomic E-state index is 14.9. The van der Waals surface area contributed by atoms with Gasteiger partial charge in [0.25, 0.3) is 23.6 Å². The van der Waals surface area contributed by atoms with E-state index in [-0.39, 0.29) is 48.9 Å². The number of aromatic nitrogens is 3. The molecule has 350 valence electrons. The zero-order chi connectivity index (χ0) is 49.1. The summed E-state index contributed by atoms with van der Waals surface area (Å²) in [7, 11) is 1.60. The molecule has 2 aliphatic heterocycles. The van der Waals surface area contributed by atoms with E-state index >= 15 is 0 Å². The number of fused-ring (bicyclic) bond motifs is 2. The monoisotopic (exact) mass is 935 g/mol. The molecule has 3 aromatic heterocycles. The van der Waals surface area contributed by atoms with Crippen LogP contribution in [-0.4, -0.2) is 80.8 Å². The van der Waals surface area contributed by atoms with Gasteiger partial charge in [-0.1, -0.05) is 75.9 Å². The molecule has 0 atom stereocenters. The topological polar surface area (TPSA) is 132 Å². The molecule has 11 nitrogen and oxygen atoms in total. The van der Waals surface area contributed by atoms with E-state index in [4.69, 9.17) is 14.5 Å². The van der Waals surface area contributed by atoms with E-state index in [0.29, 0.717) is 97.0 Å². The average Bonchev–Trinajstić information content (AvgIpc) is 3.41. The van der Waals surface area contributed by atoms with Gasteiger partial charge in [-0.3, -0.25) is 38.9 Å². The highest BCUT2D eigenvalue weighted by atomic mass is 16.5. The molecule has 0 N–H and O–H groups in total. The summed E-state index contributed by atoms with van der Waals surface area (Å²) in [5, 5.41) is 5.28. The number of rotatable bonds is 13. The minimum absolute atomic E-state index is 0.190. The van der Waals surface area contributed by atoms with Gasteiger partial charge in [-0.2, -0.15) is 0 Å². The molecule has 0 saturated carbocycles. The fourth-order valence-electron chi connectivity index (χ4n) is 10.8. The second-order valence-electron chi connectivity index (χ2n) is 18.1. The minimum atomic E-state index is -0.374. The largest absolute Gasteiger partial charge is 0.490 e. The Labute approximate surface area is 410 Å². The Morgan fingerprint density at radius 2 is 1.01 bits per heavy atom. The van der Waals surface area contributed by atoms with Crippen LogP contribution in [0.1, 0.15) is 106 Å². The molecule has 0 saturated heterocycles. The Kier molecular flexibility index (Phi) is 11.6. The van der Waals surface area contributed by atoms with Crippen molar-refractivity contribution in [1.29, 1.82) is 0 Å². The van der Waals surface area contributed by atoms with E-state index in [1.807, 2.05) is 119 Å². The van der Waals surface area contributed by atoms with Crippen LogP contribution in [0.5, 0.6) is 5.75 Å².